The average Bonchev–Trinajstić information content (AvgIpc) is 3.21. The van der Waals surface area contributed by atoms with Gasteiger partial charge in [0.05, 0.1) is 5.02 Å². The summed E-state index contributed by atoms with van der Waals surface area (Å²) in [6.07, 6.45) is 3.56. The van der Waals surface area contributed by atoms with E-state index in [2.05, 4.69) is 4.98 Å². The number of oxazole rings is 1. The minimum atomic E-state index is 0.523. The second-order valence-corrected chi connectivity index (χ2v) is 6.02. The maximum atomic E-state index is 6.20. The lowest BCUT2D eigenvalue weighted by atomic mass is 10.2. The highest BCUT2D eigenvalue weighted by molar-refractivity contribution is 6.35. The molecule has 0 atom stereocenters. The van der Waals surface area contributed by atoms with E-state index in [4.69, 9.17) is 32.0 Å². The van der Waals surface area contributed by atoms with Crippen molar-refractivity contribution in [1.82, 2.24) is 4.98 Å². The Hall–Kier alpha value is -2.49. The molecule has 2 heterocycles. The predicted octanol–water partition coefficient (Wildman–Crippen LogP) is 6.57. The normalized spacial score (nSPS) is 11.6. The molecule has 0 amide bonds. The summed E-state index contributed by atoms with van der Waals surface area (Å²) >= 11 is 12.2. The van der Waals surface area contributed by atoms with Gasteiger partial charge in [0.15, 0.2) is 5.58 Å². The zero-order chi connectivity index (χ0) is 16.5. The zero-order valence-electron chi connectivity index (χ0n) is 12.4. The first-order chi connectivity index (χ1) is 11.7. The molecule has 0 radical (unpaired) electrons. The van der Waals surface area contributed by atoms with Crippen LogP contribution in [0.25, 0.3) is 34.6 Å². The highest BCUT2D eigenvalue weighted by atomic mass is 35.5. The molecule has 0 fully saturated rings. The Morgan fingerprint density at radius 3 is 2.62 bits per heavy atom. The number of hydrogen-bond donors (Lipinski definition) is 0. The highest BCUT2D eigenvalue weighted by Gasteiger charge is 2.09. The fourth-order valence-electron chi connectivity index (χ4n) is 2.39. The van der Waals surface area contributed by atoms with E-state index in [0.717, 1.165) is 16.7 Å². The topological polar surface area (TPSA) is 39.2 Å². The summed E-state index contributed by atoms with van der Waals surface area (Å²) in [4.78, 5) is 4.38. The van der Waals surface area contributed by atoms with E-state index in [0.29, 0.717) is 27.5 Å². The fraction of sp³-hybridized carbons (Fsp3) is 0. The van der Waals surface area contributed by atoms with E-state index in [9.17, 15) is 0 Å². The van der Waals surface area contributed by atoms with Crippen LogP contribution >= 0.6 is 23.2 Å². The Bertz CT molecular complexity index is 1010. The first kappa shape index (κ1) is 15.1. The summed E-state index contributed by atoms with van der Waals surface area (Å²) in [6, 6.07) is 16.6. The second-order valence-electron chi connectivity index (χ2n) is 5.18. The fourth-order valence-corrected chi connectivity index (χ4v) is 2.77. The molecule has 118 valence electrons. The maximum Gasteiger partial charge on any atom is 0.220 e. The molecule has 0 spiro atoms. The molecule has 0 bridgehead atoms. The van der Waals surface area contributed by atoms with Crippen molar-refractivity contribution in [1.29, 1.82) is 0 Å². The first-order valence-corrected chi connectivity index (χ1v) is 8.03. The van der Waals surface area contributed by atoms with Gasteiger partial charge in [-0.1, -0.05) is 35.3 Å². The van der Waals surface area contributed by atoms with Crippen molar-refractivity contribution < 1.29 is 8.83 Å². The molecule has 3 nitrogen and oxygen atoms in total. The van der Waals surface area contributed by atoms with Gasteiger partial charge in [0.2, 0.25) is 5.89 Å². The minimum absolute atomic E-state index is 0.523. The summed E-state index contributed by atoms with van der Waals surface area (Å²) in [5.41, 5.74) is 2.33. The Morgan fingerprint density at radius 2 is 1.75 bits per heavy atom. The largest absolute Gasteiger partial charge is 0.457 e. The van der Waals surface area contributed by atoms with Gasteiger partial charge in [0, 0.05) is 16.7 Å². The number of furan rings is 1. The smallest absolute Gasteiger partial charge is 0.220 e. The predicted molar refractivity (Wildman–Crippen MR) is 97.1 cm³/mol. The van der Waals surface area contributed by atoms with E-state index in [1.807, 2.05) is 36.4 Å². The minimum Gasteiger partial charge on any atom is -0.457 e. The van der Waals surface area contributed by atoms with Gasteiger partial charge in [-0.3, -0.25) is 0 Å². The third-order valence-corrected chi connectivity index (χ3v) is 4.09. The van der Waals surface area contributed by atoms with Crippen LogP contribution in [0.2, 0.25) is 10.0 Å². The summed E-state index contributed by atoms with van der Waals surface area (Å²) < 4.78 is 11.4. The molecular weight excluding hydrogens is 345 g/mol. The highest BCUT2D eigenvalue weighted by Crippen LogP contribution is 2.32. The molecule has 0 saturated carbocycles. The number of nitrogens with zero attached hydrogens (tertiary/aromatic N) is 1. The summed E-state index contributed by atoms with van der Waals surface area (Å²) in [5.74, 6) is 1.85. The zero-order valence-corrected chi connectivity index (χ0v) is 13.9. The third-order valence-electron chi connectivity index (χ3n) is 3.52. The van der Waals surface area contributed by atoms with E-state index >= 15 is 0 Å². The molecule has 5 heteroatoms. The molecule has 2 aromatic heterocycles. The van der Waals surface area contributed by atoms with Gasteiger partial charge >= 0.3 is 0 Å². The molecule has 0 aliphatic rings. The maximum absolute atomic E-state index is 6.20. The standard InChI is InChI=1S/C19H11Cl2NO2/c20-12-5-8-15(21)14(11-12)17-9-6-13(23-17)7-10-19-22-16-3-1-2-4-18(16)24-19/h1-11H. The van der Waals surface area contributed by atoms with Gasteiger partial charge in [-0.2, -0.15) is 0 Å². The van der Waals surface area contributed by atoms with Crippen molar-refractivity contribution in [3.8, 4) is 11.3 Å². The lowest BCUT2D eigenvalue weighted by molar-refractivity contribution is 0.570. The number of fused-ring (bicyclic) bond motifs is 1. The average molecular weight is 356 g/mol. The van der Waals surface area contributed by atoms with Crippen LogP contribution in [0.15, 0.2) is 63.4 Å². The lowest BCUT2D eigenvalue weighted by Gasteiger charge is -2.00. The third kappa shape index (κ3) is 2.96. The van der Waals surface area contributed by atoms with E-state index < -0.39 is 0 Å². The molecule has 0 unspecified atom stereocenters. The Labute approximate surface area is 148 Å². The number of hydrogen-bond acceptors (Lipinski definition) is 3. The SMILES string of the molecule is Clc1ccc(Cl)c(-c2ccc(C=Cc3nc4ccccc4o3)o2)c1. The van der Waals surface area contributed by atoms with Crippen LogP contribution in [0, 0.1) is 0 Å². The van der Waals surface area contributed by atoms with Crippen molar-refractivity contribution in [2.75, 3.05) is 0 Å². The quantitative estimate of drug-likeness (QED) is 0.417. The molecule has 0 aliphatic carbocycles. The molecular formula is C19H11Cl2NO2. The summed E-state index contributed by atoms with van der Waals surface area (Å²) in [7, 11) is 0. The lowest BCUT2D eigenvalue weighted by Crippen LogP contribution is -1.76. The van der Waals surface area contributed by atoms with Crippen LogP contribution in [0.4, 0.5) is 0 Å². The summed E-state index contributed by atoms with van der Waals surface area (Å²) in [5, 5.41) is 1.19. The summed E-state index contributed by atoms with van der Waals surface area (Å²) in [6.45, 7) is 0. The van der Waals surface area contributed by atoms with Crippen LogP contribution in [0.3, 0.4) is 0 Å². The van der Waals surface area contributed by atoms with Crippen molar-refractivity contribution in [3.05, 3.63) is 76.3 Å². The van der Waals surface area contributed by atoms with Crippen molar-refractivity contribution in [3.63, 3.8) is 0 Å². The second kappa shape index (κ2) is 6.19. The van der Waals surface area contributed by atoms with Crippen LogP contribution in [-0.2, 0) is 0 Å². The van der Waals surface area contributed by atoms with Crippen LogP contribution in [0.5, 0.6) is 0 Å². The van der Waals surface area contributed by atoms with Gasteiger partial charge in [-0.05, 0) is 48.5 Å². The molecule has 24 heavy (non-hydrogen) atoms. The van der Waals surface area contributed by atoms with Gasteiger partial charge in [-0.15, -0.1) is 0 Å². The molecule has 0 N–H and O–H groups in total. The van der Waals surface area contributed by atoms with Gasteiger partial charge in [0.1, 0.15) is 17.0 Å². The van der Waals surface area contributed by atoms with E-state index in [1.54, 1.807) is 30.4 Å². The molecule has 0 saturated heterocycles. The number of benzene rings is 2. The molecule has 4 rings (SSSR count). The number of rotatable bonds is 3. The number of halogens is 2. The van der Waals surface area contributed by atoms with Gasteiger partial charge in [0.25, 0.3) is 0 Å². The van der Waals surface area contributed by atoms with Crippen LogP contribution in [0.1, 0.15) is 11.7 Å². The Kier molecular flexibility index (Phi) is 3.89. The number of aromatic nitrogens is 1. The van der Waals surface area contributed by atoms with Crippen LogP contribution < -0.4 is 0 Å². The van der Waals surface area contributed by atoms with Gasteiger partial charge in [-0.25, -0.2) is 4.98 Å². The first-order valence-electron chi connectivity index (χ1n) is 7.28. The Morgan fingerprint density at radius 1 is 0.875 bits per heavy atom. The monoisotopic (exact) mass is 355 g/mol. The number of para-hydroxylation sites is 2. The van der Waals surface area contributed by atoms with Crippen molar-refractivity contribution in [2.45, 2.75) is 0 Å². The van der Waals surface area contributed by atoms with Gasteiger partial charge < -0.3 is 8.83 Å². The van der Waals surface area contributed by atoms with Crippen molar-refractivity contribution >= 4 is 46.5 Å². The molecule has 4 aromatic rings. The molecule has 2 aromatic carbocycles. The van der Waals surface area contributed by atoms with Crippen LogP contribution in [-0.4, -0.2) is 4.98 Å². The Balaban J connectivity index is 1.61. The van der Waals surface area contributed by atoms with E-state index in [-0.39, 0.29) is 0 Å². The van der Waals surface area contributed by atoms with E-state index in [1.165, 1.54) is 0 Å². The van der Waals surface area contributed by atoms with Crippen molar-refractivity contribution in [2.24, 2.45) is 0 Å². The molecule has 0 aliphatic heterocycles.